The van der Waals surface area contributed by atoms with E-state index in [2.05, 4.69) is 15.0 Å². The van der Waals surface area contributed by atoms with E-state index >= 15 is 13.6 Å². The molecule has 7 atom stereocenters. The maximum absolute atomic E-state index is 15.5. The molecule has 3 aliphatic heterocycles. The standard InChI is InChI=1S/C41H53F2N5O10S/c1-6-24-19-23(2)9-7-8-10-25-21-41(25,37(51)46-59(54,55)27-11-12-27)45-34(49)30-20-26(22-47(30)36(50)32(24)48(38(52)53)39(3,4)40(5,42)43)58-35-29-13-14-31-33(57-18-17-56-31)28(29)15-16-44-35/h8,10,13-16,23-27,30,32H,6-7,9,11-12,17-22H2,1-5H3,(H,45,49)(H,46,51)(H,52,53)/t23-,24+,25+,26+,30-,32-,41+/m0/s1. The average molecular weight is 846 g/mol. The topological polar surface area (TPSA) is 194 Å². The zero-order chi connectivity index (χ0) is 42.7. The number of carboxylic acid groups (broad SMARTS) is 1. The lowest BCUT2D eigenvalue weighted by atomic mass is 9.81. The summed E-state index contributed by atoms with van der Waals surface area (Å²) in [4.78, 5) is 63.2. The number of allylic oxidation sites excluding steroid dienone is 1. The molecule has 1 saturated heterocycles. The van der Waals surface area contributed by atoms with E-state index in [0.29, 0.717) is 79.4 Å². The number of fused-ring (bicyclic) bond motifs is 5. The number of halogens is 2. The van der Waals surface area contributed by atoms with Crippen LogP contribution in [0.1, 0.15) is 86.0 Å². The number of aromatic nitrogens is 1. The summed E-state index contributed by atoms with van der Waals surface area (Å²) >= 11 is 0. The smallest absolute Gasteiger partial charge is 0.408 e. The van der Waals surface area contributed by atoms with Gasteiger partial charge in [-0.15, -0.1) is 0 Å². The number of benzene rings is 1. The van der Waals surface area contributed by atoms with E-state index in [0.717, 1.165) is 13.8 Å². The lowest BCUT2D eigenvalue weighted by Crippen LogP contribution is -2.67. The first-order chi connectivity index (χ1) is 27.8. The SMILES string of the molecule is CC[C@@H]1C[C@@H](C)CCC=C[C@@H]2C[C@@]2(C(=O)NS(=O)(=O)C2CC2)NC(=O)[C@@H]2C[C@@H](Oc3nccc4c5c(ccc34)OCCO5)CN2C(=O)[C@H]1N(C(=O)O)C(C)(C)C(C)(F)F. The molecule has 0 bridgehead atoms. The Bertz CT molecular complexity index is 2140. The Kier molecular flexibility index (Phi) is 11.3. The van der Waals surface area contributed by atoms with Crippen LogP contribution in [0, 0.1) is 17.8 Å². The number of hydrogen-bond acceptors (Lipinski definition) is 10. The van der Waals surface area contributed by atoms with Gasteiger partial charge in [-0.1, -0.05) is 32.4 Å². The molecule has 2 saturated carbocycles. The highest BCUT2D eigenvalue weighted by Gasteiger charge is 2.63. The number of hydrogen-bond donors (Lipinski definition) is 3. The van der Waals surface area contributed by atoms with Crippen LogP contribution in [0.25, 0.3) is 10.8 Å². The molecule has 59 heavy (non-hydrogen) atoms. The molecule has 2 aliphatic carbocycles. The number of ether oxygens (including phenoxy) is 3. The zero-order valence-electron chi connectivity index (χ0n) is 33.9. The molecule has 0 radical (unpaired) electrons. The minimum atomic E-state index is -4.00. The Balaban J connectivity index is 1.30. The van der Waals surface area contributed by atoms with Gasteiger partial charge in [0.25, 0.3) is 11.8 Å². The lowest BCUT2D eigenvalue weighted by Gasteiger charge is -2.47. The van der Waals surface area contributed by atoms with E-state index in [-0.39, 0.29) is 37.6 Å². The van der Waals surface area contributed by atoms with Crippen LogP contribution in [0.3, 0.4) is 0 Å². The van der Waals surface area contributed by atoms with Gasteiger partial charge in [0.15, 0.2) is 11.5 Å². The number of carbonyl (C=O) groups is 4. The summed E-state index contributed by atoms with van der Waals surface area (Å²) in [5, 5.41) is 14.0. The Morgan fingerprint density at radius 3 is 2.51 bits per heavy atom. The first kappa shape index (κ1) is 42.4. The van der Waals surface area contributed by atoms with Crippen molar-refractivity contribution in [1.82, 2.24) is 24.8 Å². The van der Waals surface area contributed by atoms with Crippen LogP contribution in [0.5, 0.6) is 17.4 Å². The van der Waals surface area contributed by atoms with Gasteiger partial charge < -0.3 is 29.5 Å². The summed E-state index contributed by atoms with van der Waals surface area (Å²) in [6, 6.07) is 2.17. The van der Waals surface area contributed by atoms with Crippen LogP contribution >= 0.6 is 0 Å². The van der Waals surface area contributed by atoms with Crippen LogP contribution in [0.15, 0.2) is 36.5 Å². The molecule has 7 rings (SSSR count). The minimum Gasteiger partial charge on any atom is -0.486 e. The quantitative estimate of drug-likeness (QED) is 0.287. The Morgan fingerprint density at radius 1 is 1.10 bits per heavy atom. The maximum Gasteiger partial charge on any atom is 0.408 e. The van der Waals surface area contributed by atoms with Gasteiger partial charge in [0.05, 0.1) is 11.8 Å². The molecule has 1 aromatic carbocycles. The first-order valence-electron chi connectivity index (χ1n) is 20.4. The molecule has 0 spiro atoms. The largest absolute Gasteiger partial charge is 0.486 e. The summed E-state index contributed by atoms with van der Waals surface area (Å²) in [5.41, 5.74) is -4.03. The molecule has 0 unspecified atom stereocenters. The normalized spacial score (nSPS) is 29.0. The molecule has 2 aromatic rings. The molecule has 1 aromatic heterocycles. The summed E-state index contributed by atoms with van der Waals surface area (Å²) < 4.78 is 77.1. The van der Waals surface area contributed by atoms with Crippen LogP contribution in [-0.2, 0) is 24.4 Å². The number of alkyl halides is 2. The fourth-order valence-corrected chi connectivity index (χ4v) is 10.1. The highest BCUT2D eigenvalue weighted by atomic mass is 32.2. The monoisotopic (exact) mass is 845 g/mol. The molecule has 15 nitrogen and oxygen atoms in total. The van der Waals surface area contributed by atoms with Crippen molar-refractivity contribution in [2.75, 3.05) is 19.8 Å². The number of sulfonamides is 1. The number of nitrogens with one attached hydrogen (secondary N) is 2. The van der Waals surface area contributed by atoms with Crippen molar-refractivity contribution in [3.8, 4) is 17.4 Å². The van der Waals surface area contributed by atoms with E-state index in [4.69, 9.17) is 14.2 Å². The molecule has 18 heteroatoms. The Labute approximate surface area is 342 Å². The number of pyridine rings is 1. The van der Waals surface area contributed by atoms with Gasteiger partial charge in [-0.25, -0.2) is 27.0 Å². The van der Waals surface area contributed by atoms with E-state index in [9.17, 15) is 27.9 Å². The third-order valence-electron chi connectivity index (χ3n) is 12.8. The molecule has 3 fully saturated rings. The first-order valence-corrected chi connectivity index (χ1v) is 21.9. The fraction of sp³-hybridized carbons (Fsp3) is 0.634. The van der Waals surface area contributed by atoms with Gasteiger partial charge in [-0.3, -0.25) is 24.0 Å². The molecule has 322 valence electrons. The predicted molar refractivity (Wildman–Crippen MR) is 211 cm³/mol. The Hall–Kier alpha value is -4.74. The van der Waals surface area contributed by atoms with E-state index in [1.807, 2.05) is 13.0 Å². The van der Waals surface area contributed by atoms with Gasteiger partial charge in [0, 0.05) is 36.2 Å². The molecule has 3 N–H and O–H groups in total. The molecular weight excluding hydrogens is 793 g/mol. The van der Waals surface area contributed by atoms with Gasteiger partial charge in [-0.05, 0) is 82.4 Å². The summed E-state index contributed by atoms with van der Waals surface area (Å²) in [6.07, 6.45) is 4.96. The molecular formula is C41H53F2N5O10S. The van der Waals surface area contributed by atoms with Crippen LogP contribution in [0.4, 0.5) is 13.6 Å². The van der Waals surface area contributed by atoms with Crippen molar-refractivity contribution in [2.24, 2.45) is 17.8 Å². The molecule has 4 amide bonds. The number of nitrogens with zero attached hydrogens (tertiary/aromatic N) is 3. The summed E-state index contributed by atoms with van der Waals surface area (Å²) in [5.74, 6) is -6.34. The second-order valence-electron chi connectivity index (χ2n) is 17.3. The van der Waals surface area contributed by atoms with Crippen molar-refractivity contribution < 1.29 is 55.7 Å². The van der Waals surface area contributed by atoms with Crippen molar-refractivity contribution >= 4 is 44.6 Å². The lowest BCUT2D eigenvalue weighted by molar-refractivity contribution is -0.157. The van der Waals surface area contributed by atoms with Crippen molar-refractivity contribution in [3.05, 3.63) is 36.5 Å². The highest BCUT2D eigenvalue weighted by Crippen LogP contribution is 2.47. The number of amides is 4. The average Bonchev–Trinajstić information content (AvgIpc) is 4.10. The maximum atomic E-state index is 15.5. The van der Waals surface area contributed by atoms with E-state index in [1.165, 1.54) is 11.1 Å². The Morgan fingerprint density at radius 2 is 1.83 bits per heavy atom. The van der Waals surface area contributed by atoms with Crippen molar-refractivity contribution in [3.63, 3.8) is 0 Å². The van der Waals surface area contributed by atoms with Gasteiger partial charge in [-0.2, -0.15) is 0 Å². The van der Waals surface area contributed by atoms with Crippen LogP contribution < -0.4 is 24.2 Å². The van der Waals surface area contributed by atoms with Gasteiger partial charge >= 0.3 is 6.09 Å². The predicted octanol–water partition coefficient (Wildman–Crippen LogP) is 5.02. The summed E-state index contributed by atoms with van der Waals surface area (Å²) in [6.45, 7) is 6.92. The van der Waals surface area contributed by atoms with Gasteiger partial charge in [0.1, 0.15) is 42.5 Å². The third kappa shape index (κ3) is 8.12. The van der Waals surface area contributed by atoms with E-state index in [1.54, 1.807) is 31.2 Å². The summed E-state index contributed by atoms with van der Waals surface area (Å²) in [7, 11) is -4.00. The van der Waals surface area contributed by atoms with Crippen molar-refractivity contribution in [2.45, 2.75) is 126 Å². The molecule has 4 heterocycles. The van der Waals surface area contributed by atoms with Gasteiger partial charge in [0.2, 0.25) is 27.7 Å². The second-order valence-corrected chi connectivity index (χ2v) is 19.3. The van der Waals surface area contributed by atoms with Crippen LogP contribution in [0.2, 0.25) is 0 Å². The second kappa shape index (κ2) is 15.7. The third-order valence-corrected chi connectivity index (χ3v) is 14.6. The molecule has 5 aliphatic rings. The highest BCUT2D eigenvalue weighted by molar-refractivity contribution is 7.91. The van der Waals surface area contributed by atoms with Crippen molar-refractivity contribution in [1.29, 1.82) is 0 Å². The van der Waals surface area contributed by atoms with E-state index < -0.39 is 86.1 Å². The number of rotatable bonds is 9. The zero-order valence-corrected chi connectivity index (χ0v) is 34.7. The van der Waals surface area contributed by atoms with Crippen LogP contribution in [-0.4, -0.2) is 112 Å². The fourth-order valence-electron chi connectivity index (χ4n) is 8.74. The minimum absolute atomic E-state index is 0.0929. The number of carbonyl (C=O) groups excluding carboxylic acids is 3.